The van der Waals surface area contributed by atoms with Crippen molar-refractivity contribution in [2.24, 2.45) is 0 Å². The smallest absolute Gasteiger partial charge is 0.253 e. The second-order valence-electron chi connectivity index (χ2n) is 5.85. The van der Waals surface area contributed by atoms with Crippen molar-refractivity contribution < 1.29 is 4.74 Å². The summed E-state index contributed by atoms with van der Waals surface area (Å²) in [5, 5.41) is 15.3. The van der Waals surface area contributed by atoms with Gasteiger partial charge in [0.25, 0.3) is 5.88 Å². The number of terminal acetylenes is 1. The molecule has 0 aliphatic carbocycles. The monoisotopic (exact) mass is 351 g/mol. The van der Waals surface area contributed by atoms with Gasteiger partial charge in [0.2, 0.25) is 5.69 Å². The van der Waals surface area contributed by atoms with Crippen molar-refractivity contribution in [3.8, 4) is 24.3 Å². The molecule has 134 valence electrons. The molecule has 0 aliphatic heterocycles. The number of ether oxygens (including phenoxy) is 1. The van der Waals surface area contributed by atoms with Crippen LogP contribution < -0.4 is 15.4 Å². The zero-order valence-electron chi connectivity index (χ0n) is 15.2. The van der Waals surface area contributed by atoms with E-state index in [9.17, 15) is 5.26 Å². The molecule has 8 heteroatoms. The molecule has 1 unspecified atom stereocenters. The minimum atomic E-state index is -0.148. The Morgan fingerprint density at radius 3 is 2.69 bits per heavy atom. The van der Waals surface area contributed by atoms with Crippen molar-refractivity contribution in [3.63, 3.8) is 0 Å². The minimum absolute atomic E-state index is 0.132. The van der Waals surface area contributed by atoms with Gasteiger partial charge in [-0.2, -0.15) is 10.2 Å². The molecule has 0 saturated carbocycles. The number of nitrogens with zero attached hydrogens (tertiary/aromatic N) is 5. The van der Waals surface area contributed by atoms with E-state index in [1.807, 2.05) is 32.0 Å². The van der Waals surface area contributed by atoms with E-state index in [2.05, 4.69) is 31.5 Å². The zero-order chi connectivity index (χ0) is 19.1. The van der Waals surface area contributed by atoms with Crippen LogP contribution in [0.4, 0.5) is 17.3 Å². The van der Waals surface area contributed by atoms with Gasteiger partial charge in [0.05, 0.1) is 17.4 Å². The molecule has 0 saturated heterocycles. The van der Waals surface area contributed by atoms with Crippen molar-refractivity contribution in [3.05, 3.63) is 29.7 Å². The van der Waals surface area contributed by atoms with Crippen molar-refractivity contribution >= 4 is 17.3 Å². The molecule has 0 aliphatic rings. The van der Waals surface area contributed by atoms with Crippen LogP contribution in [0, 0.1) is 23.7 Å². The van der Waals surface area contributed by atoms with Crippen molar-refractivity contribution in [1.82, 2.24) is 19.9 Å². The van der Waals surface area contributed by atoms with Gasteiger partial charge in [-0.15, -0.1) is 6.42 Å². The van der Waals surface area contributed by atoms with Gasteiger partial charge in [0.15, 0.2) is 5.82 Å². The van der Waals surface area contributed by atoms with Crippen molar-refractivity contribution in [2.45, 2.75) is 13.0 Å². The van der Waals surface area contributed by atoms with Gasteiger partial charge in [-0.05, 0) is 21.0 Å². The first kappa shape index (κ1) is 19.0. The molecule has 0 radical (unpaired) electrons. The number of anilines is 3. The zero-order valence-corrected chi connectivity index (χ0v) is 15.2. The Hall–Kier alpha value is -3.36. The molecular weight excluding hydrogens is 330 g/mol. The van der Waals surface area contributed by atoms with Gasteiger partial charge >= 0.3 is 0 Å². The molecule has 2 rings (SSSR count). The number of pyridine rings is 1. The molecule has 1 atom stereocenters. The molecule has 26 heavy (non-hydrogen) atoms. The maximum atomic E-state index is 9.22. The van der Waals surface area contributed by atoms with Gasteiger partial charge < -0.3 is 20.3 Å². The summed E-state index contributed by atoms with van der Waals surface area (Å²) in [5.41, 5.74) is 1.56. The number of hydrogen-bond acceptors (Lipinski definition) is 8. The quantitative estimate of drug-likeness (QED) is 0.729. The number of hydrogen-bond donors (Lipinski definition) is 2. The van der Waals surface area contributed by atoms with E-state index in [4.69, 9.17) is 11.2 Å². The third-order valence-corrected chi connectivity index (χ3v) is 3.37. The molecule has 8 nitrogen and oxygen atoms in total. The summed E-state index contributed by atoms with van der Waals surface area (Å²) in [4.78, 5) is 14.7. The third kappa shape index (κ3) is 4.82. The van der Waals surface area contributed by atoms with E-state index in [0.717, 1.165) is 5.69 Å². The van der Waals surface area contributed by atoms with Gasteiger partial charge in [0.1, 0.15) is 18.0 Å². The maximum Gasteiger partial charge on any atom is 0.253 e. The maximum absolute atomic E-state index is 9.22. The number of likely N-dealkylation sites (N-methyl/N-ethyl adjacent to an activating group) is 1. The van der Waals surface area contributed by atoms with E-state index in [0.29, 0.717) is 23.7 Å². The predicted molar refractivity (Wildman–Crippen MR) is 100 cm³/mol. The summed E-state index contributed by atoms with van der Waals surface area (Å²) < 4.78 is 5.77. The first-order valence-electron chi connectivity index (χ1n) is 7.96. The molecule has 2 N–H and O–H groups in total. The first-order chi connectivity index (χ1) is 12.5. The molecule has 0 fully saturated rings. The van der Waals surface area contributed by atoms with E-state index in [1.54, 1.807) is 19.3 Å². The van der Waals surface area contributed by atoms with Crippen LogP contribution in [0.2, 0.25) is 0 Å². The van der Waals surface area contributed by atoms with Crippen LogP contribution in [0.3, 0.4) is 0 Å². The largest absolute Gasteiger partial charge is 0.471 e. The number of rotatable bonds is 7. The standard InChI is InChI=1S/C18H21N7O/c1-6-13-9-22-16(7-14(13)20-3)23-17-10-21-15(8-19)18(24-17)26-12(2)11-25(4)5/h1,7,9-10,12H,11H2,2-5H3,(H2,20,22,23,24). The molecule has 2 aromatic heterocycles. The van der Waals surface area contributed by atoms with Gasteiger partial charge in [-0.25, -0.2) is 9.97 Å². The fourth-order valence-electron chi connectivity index (χ4n) is 2.31. The normalized spacial score (nSPS) is 11.3. The highest BCUT2D eigenvalue weighted by atomic mass is 16.5. The second-order valence-corrected chi connectivity index (χ2v) is 5.85. The highest BCUT2D eigenvalue weighted by Crippen LogP contribution is 2.22. The lowest BCUT2D eigenvalue weighted by atomic mass is 10.2. The van der Waals surface area contributed by atoms with Crippen LogP contribution in [-0.2, 0) is 0 Å². The summed E-state index contributed by atoms with van der Waals surface area (Å²) in [7, 11) is 5.67. The Labute approximate surface area is 153 Å². The lowest BCUT2D eigenvalue weighted by molar-refractivity contribution is 0.169. The summed E-state index contributed by atoms with van der Waals surface area (Å²) in [6, 6.07) is 3.76. The van der Waals surface area contributed by atoms with Crippen LogP contribution >= 0.6 is 0 Å². The van der Waals surface area contributed by atoms with Crippen molar-refractivity contribution in [2.75, 3.05) is 38.3 Å². The SMILES string of the molecule is C#Cc1cnc(Nc2cnc(C#N)c(OC(C)CN(C)C)n2)cc1NC. The van der Waals surface area contributed by atoms with Gasteiger partial charge in [-0.3, -0.25) is 0 Å². The van der Waals surface area contributed by atoms with Gasteiger partial charge in [0, 0.05) is 25.9 Å². The highest BCUT2D eigenvalue weighted by Gasteiger charge is 2.14. The van der Waals surface area contributed by atoms with Crippen molar-refractivity contribution in [1.29, 1.82) is 5.26 Å². The molecule has 2 aromatic rings. The first-order valence-corrected chi connectivity index (χ1v) is 7.96. The number of aromatic nitrogens is 3. The molecule has 0 amide bonds. The topological polar surface area (TPSA) is 99.0 Å². The Morgan fingerprint density at radius 2 is 2.08 bits per heavy atom. The molecule has 0 aromatic carbocycles. The van der Waals surface area contributed by atoms with E-state index in [1.165, 1.54) is 6.20 Å². The van der Waals surface area contributed by atoms with Crippen LogP contribution in [0.25, 0.3) is 0 Å². The summed E-state index contributed by atoms with van der Waals surface area (Å²) in [6.07, 6.45) is 8.33. The van der Waals surface area contributed by atoms with Gasteiger partial charge in [-0.1, -0.05) is 5.92 Å². The van der Waals surface area contributed by atoms with E-state index in [-0.39, 0.29) is 17.7 Å². The average molecular weight is 351 g/mol. The molecular formula is C18H21N7O. The third-order valence-electron chi connectivity index (χ3n) is 3.37. The second kappa shape index (κ2) is 8.65. The molecule has 2 heterocycles. The van der Waals surface area contributed by atoms with E-state index >= 15 is 0 Å². The Balaban J connectivity index is 2.24. The minimum Gasteiger partial charge on any atom is -0.471 e. The fraction of sp³-hybridized carbons (Fsp3) is 0.333. The lowest BCUT2D eigenvalue weighted by Crippen LogP contribution is -2.28. The van der Waals surface area contributed by atoms with Crippen LogP contribution in [0.15, 0.2) is 18.5 Å². The number of nitrogens with one attached hydrogen (secondary N) is 2. The lowest BCUT2D eigenvalue weighted by Gasteiger charge is -2.18. The van der Waals surface area contributed by atoms with Crippen LogP contribution in [0.1, 0.15) is 18.2 Å². The predicted octanol–water partition coefficient (Wildman–Crippen LogP) is 1.84. The summed E-state index contributed by atoms with van der Waals surface area (Å²) >= 11 is 0. The fourth-order valence-corrected chi connectivity index (χ4v) is 2.31. The number of nitriles is 1. The Morgan fingerprint density at radius 1 is 1.31 bits per heavy atom. The Kier molecular flexibility index (Phi) is 6.31. The summed E-state index contributed by atoms with van der Waals surface area (Å²) in [6.45, 7) is 2.59. The summed E-state index contributed by atoms with van der Waals surface area (Å²) in [5.74, 6) is 3.70. The molecule has 0 bridgehead atoms. The average Bonchev–Trinajstić information content (AvgIpc) is 2.61. The van der Waals surface area contributed by atoms with E-state index < -0.39 is 0 Å². The van der Waals surface area contributed by atoms with Crippen LogP contribution in [-0.4, -0.2) is 53.6 Å². The van der Waals surface area contributed by atoms with Crippen LogP contribution in [0.5, 0.6) is 5.88 Å². The molecule has 0 spiro atoms. The highest BCUT2D eigenvalue weighted by molar-refractivity contribution is 5.65. The Bertz CT molecular complexity index is 852.